The van der Waals surface area contributed by atoms with Crippen LogP contribution < -0.4 is 14.8 Å². The first-order valence-corrected chi connectivity index (χ1v) is 11.8. The Morgan fingerprint density at radius 1 is 1.06 bits per heavy atom. The zero-order valence-electron chi connectivity index (χ0n) is 17.5. The SMILES string of the molecule is CC(NC(=O)c1cc(S(=O)(=O)NCCOc2ccccc2)ccc1Cl)c1ccc(F)cc1F. The maximum atomic E-state index is 14.0. The summed E-state index contributed by atoms with van der Waals surface area (Å²) in [6, 6.07) is 14.8. The lowest BCUT2D eigenvalue weighted by molar-refractivity contribution is 0.0939. The maximum absolute atomic E-state index is 14.0. The number of hydrogen-bond acceptors (Lipinski definition) is 4. The second-order valence-electron chi connectivity index (χ2n) is 7.06. The van der Waals surface area contributed by atoms with Crippen LogP contribution in [0.3, 0.4) is 0 Å². The van der Waals surface area contributed by atoms with Gasteiger partial charge >= 0.3 is 0 Å². The average Bonchev–Trinajstić information content (AvgIpc) is 2.77. The third-order valence-corrected chi connectivity index (χ3v) is 6.46. The van der Waals surface area contributed by atoms with Gasteiger partial charge in [0.2, 0.25) is 10.0 Å². The van der Waals surface area contributed by atoms with E-state index in [0.717, 1.165) is 12.1 Å². The van der Waals surface area contributed by atoms with Crippen molar-refractivity contribution in [2.24, 2.45) is 0 Å². The first-order valence-electron chi connectivity index (χ1n) is 9.90. The molecule has 0 aliphatic rings. The molecule has 0 spiro atoms. The van der Waals surface area contributed by atoms with Gasteiger partial charge in [0.1, 0.15) is 24.0 Å². The van der Waals surface area contributed by atoms with Crippen LogP contribution in [0, 0.1) is 11.6 Å². The molecule has 0 radical (unpaired) electrons. The van der Waals surface area contributed by atoms with Crippen LogP contribution in [0.2, 0.25) is 5.02 Å². The Morgan fingerprint density at radius 3 is 2.48 bits per heavy atom. The van der Waals surface area contributed by atoms with Crippen LogP contribution >= 0.6 is 11.6 Å². The molecule has 3 aromatic rings. The number of halogens is 3. The molecule has 0 bridgehead atoms. The fraction of sp³-hybridized carbons (Fsp3) is 0.174. The zero-order valence-corrected chi connectivity index (χ0v) is 19.1. The molecule has 0 aromatic heterocycles. The summed E-state index contributed by atoms with van der Waals surface area (Å²) in [5.74, 6) is -1.65. The molecule has 0 aliphatic heterocycles. The molecule has 2 N–H and O–H groups in total. The van der Waals surface area contributed by atoms with E-state index >= 15 is 0 Å². The van der Waals surface area contributed by atoms with Crippen LogP contribution in [0.5, 0.6) is 5.75 Å². The lowest BCUT2D eigenvalue weighted by Gasteiger charge is -2.16. The van der Waals surface area contributed by atoms with Gasteiger partial charge in [-0.1, -0.05) is 35.9 Å². The van der Waals surface area contributed by atoms with Crippen molar-refractivity contribution in [2.75, 3.05) is 13.2 Å². The molecule has 0 aliphatic carbocycles. The zero-order chi connectivity index (χ0) is 24.0. The van der Waals surface area contributed by atoms with Gasteiger partial charge < -0.3 is 10.1 Å². The standard InChI is InChI=1S/C23H21ClF2N2O4S/c1-15(19-9-7-16(25)13-22(19)26)28-23(29)20-14-18(8-10-21(20)24)33(30,31)27-11-12-32-17-5-3-2-4-6-17/h2-10,13-15,27H,11-12H2,1H3,(H,28,29). The van der Waals surface area contributed by atoms with Crippen molar-refractivity contribution in [3.05, 3.63) is 94.5 Å². The smallest absolute Gasteiger partial charge is 0.253 e. The summed E-state index contributed by atoms with van der Waals surface area (Å²) in [5, 5.41) is 2.56. The molecule has 0 saturated carbocycles. The maximum Gasteiger partial charge on any atom is 0.253 e. The van der Waals surface area contributed by atoms with Crippen molar-refractivity contribution in [1.82, 2.24) is 10.0 Å². The highest BCUT2D eigenvalue weighted by Crippen LogP contribution is 2.23. The largest absolute Gasteiger partial charge is 0.492 e. The fourth-order valence-corrected chi connectivity index (χ4v) is 4.24. The minimum atomic E-state index is -3.95. The Labute approximate surface area is 195 Å². The number of benzene rings is 3. The van der Waals surface area contributed by atoms with Crippen LogP contribution in [0.1, 0.15) is 28.9 Å². The number of ether oxygens (including phenoxy) is 1. The minimum absolute atomic E-state index is 0.00224. The first-order chi connectivity index (χ1) is 15.7. The fourth-order valence-electron chi connectivity index (χ4n) is 3.00. The molecule has 0 heterocycles. The van der Waals surface area contributed by atoms with Crippen molar-refractivity contribution in [1.29, 1.82) is 0 Å². The quantitative estimate of drug-likeness (QED) is 0.430. The average molecular weight is 495 g/mol. The number of carbonyl (C=O) groups is 1. The molecule has 6 nitrogen and oxygen atoms in total. The Morgan fingerprint density at radius 2 is 1.79 bits per heavy atom. The first kappa shape index (κ1) is 24.6. The number of para-hydroxylation sites is 1. The van der Waals surface area contributed by atoms with Crippen molar-refractivity contribution in [3.8, 4) is 5.75 Å². The molecule has 3 rings (SSSR count). The molecular weight excluding hydrogens is 474 g/mol. The lowest BCUT2D eigenvalue weighted by Crippen LogP contribution is -2.30. The monoisotopic (exact) mass is 494 g/mol. The molecule has 0 fully saturated rings. The van der Waals surface area contributed by atoms with Gasteiger partial charge in [-0.3, -0.25) is 4.79 Å². The topological polar surface area (TPSA) is 84.5 Å². The molecule has 1 amide bonds. The second-order valence-corrected chi connectivity index (χ2v) is 9.24. The Kier molecular flexibility index (Phi) is 8.01. The summed E-state index contributed by atoms with van der Waals surface area (Å²) in [5.41, 5.74) is -0.0285. The number of hydrogen-bond donors (Lipinski definition) is 2. The summed E-state index contributed by atoms with van der Waals surface area (Å²) in [6.45, 7) is 1.62. The summed E-state index contributed by atoms with van der Waals surface area (Å²) >= 11 is 6.10. The van der Waals surface area contributed by atoms with E-state index in [4.69, 9.17) is 16.3 Å². The van der Waals surface area contributed by atoms with Gasteiger partial charge in [-0.25, -0.2) is 21.9 Å². The molecule has 10 heteroatoms. The predicted octanol–water partition coefficient (Wildman–Crippen LogP) is 4.47. The van der Waals surface area contributed by atoms with Gasteiger partial charge in [0.05, 0.1) is 21.5 Å². The van der Waals surface area contributed by atoms with E-state index in [9.17, 15) is 22.0 Å². The normalized spacial score (nSPS) is 12.2. The molecule has 1 atom stereocenters. The van der Waals surface area contributed by atoms with Crippen LogP contribution in [-0.2, 0) is 10.0 Å². The van der Waals surface area contributed by atoms with Crippen LogP contribution in [0.15, 0.2) is 71.6 Å². The number of nitrogens with one attached hydrogen (secondary N) is 2. The molecule has 0 saturated heterocycles. The predicted molar refractivity (Wildman–Crippen MR) is 121 cm³/mol. The van der Waals surface area contributed by atoms with Gasteiger partial charge in [-0.05, 0) is 43.3 Å². The van der Waals surface area contributed by atoms with E-state index in [0.29, 0.717) is 11.8 Å². The summed E-state index contributed by atoms with van der Waals surface area (Å²) < 4.78 is 60.2. The van der Waals surface area contributed by atoms with Crippen molar-refractivity contribution in [2.45, 2.75) is 17.9 Å². The number of amides is 1. The number of rotatable bonds is 9. The van der Waals surface area contributed by atoms with Crippen LogP contribution in [0.4, 0.5) is 8.78 Å². The molecule has 174 valence electrons. The van der Waals surface area contributed by atoms with Crippen LogP contribution in [-0.4, -0.2) is 27.5 Å². The molecule has 3 aromatic carbocycles. The highest BCUT2D eigenvalue weighted by Gasteiger charge is 2.21. The Hall–Kier alpha value is -3.01. The van der Waals surface area contributed by atoms with Crippen molar-refractivity contribution in [3.63, 3.8) is 0 Å². The third-order valence-electron chi connectivity index (χ3n) is 4.68. The van der Waals surface area contributed by atoms with E-state index in [2.05, 4.69) is 10.0 Å². The molecule has 33 heavy (non-hydrogen) atoms. The van der Waals surface area contributed by atoms with Crippen LogP contribution in [0.25, 0.3) is 0 Å². The third kappa shape index (κ3) is 6.50. The van der Waals surface area contributed by atoms with E-state index in [1.807, 2.05) is 6.07 Å². The van der Waals surface area contributed by atoms with E-state index in [1.54, 1.807) is 24.3 Å². The Bertz CT molecular complexity index is 1240. The van der Waals surface area contributed by atoms with E-state index in [1.165, 1.54) is 25.1 Å². The Balaban J connectivity index is 1.67. The van der Waals surface area contributed by atoms with E-state index in [-0.39, 0.29) is 34.2 Å². The lowest BCUT2D eigenvalue weighted by atomic mass is 10.1. The summed E-state index contributed by atoms with van der Waals surface area (Å²) in [6.07, 6.45) is 0. The molecular formula is C23H21ClF2N2O4S. The highest BCUT2D eigenvalue weighted by molar-refractivity contribution is 7.89. The highest BCUT2D eigenvalue weighted by atomic mass is 35.5. The molecule has 1 unspecified atom stereocenters. The van der Waals surface area contributed by atoms with Crippen molar-refractivity contribution >= 4 is 27.5 Å². The van der Waals surface area contributed by atoms with Crippen molar-refractivity contribution < 1.29 is 26.7 Å². The van der Waals surface area contributed by atoms with Gasteiger partial charge in [-0.15, -0.1) is 0 Å². The number of carbonyl (C=O) groups excluding carboxylic acids is 1. The summed E-state index contributed by atoms with van der Waals surface area (Å²) in [7, 11) is -3.95. The van der Waals surface area contributed by atoms with Gasteiger partial charge in [0.15, 0.2) is 0 Å². The van der Waals surface area contributed by atoms with Gasteiger partial charge in [0.25, 0.3) is 5.91 Å². The summed E-state index contributed by atoms with van der Waals surface area (Å²) in [4.78, 5) is 12.5. The number of sulfonamides is 1. The minimum Gasteiger partial charge on any atom is -0.492 e. The van der Waals surface area contributed by atoms with Gasteiger partial charge in [0, 0.05) is 18.2 Å². The van der Waals surface area contributed by atoms with E-state index < -0.39 is 33.6 Å². The van der Waals surface area contributed by atoms with Gasteiger partial charge in [-0.2, -0.15) is 0 Å². The second kappa shape index (κ2) is 10.7.